The topological polar surface area (TPSA) is 171 Å². The molecule has 0 aliphatic rings. The van der Waals surface area contributed by atoms with Gasteiger partial charge in [0.05, 0.1) is 6.54 Å². The summed E-state index contributed by atoms with van der Waals surface area (Å²) < 4.78 is 0.905. The molecule has 56 heavy (non-hydrogen) atoms. The Kier molecular flexibility index (Phi) is 17.3. The van der Waals surface area contributed by atoms with E-state index in [9.17, 15) is 28.8 Å². The molecular weight excluding hydrogens is 776 g/mol. The number of benzene rings is 3. The number of nitrogens with one attached hydrogen (secondary N) is 3. The molecule has 5 atom stereocenters. The number of halogens is 1. The Morgan fingerprint density at radius 1 is 0.661 bits per heavy atom. The fourth-order valence-corrected chi connectivity index (χ4v) is 6.73. The molecule has 3 rings (SSSR count). The van der Waals surface area contributed by atoms with E-state index >= 15 is 0 Å². The summed E-state index contributed by atoms with van der Waals surface area (Å²) in [5.74, 6) is -3.93. The van der Waals surface area contributed by atoms with Gasteiger partial charge in [-0.2, -0.15) is 0 Å². The molecule has 0 aromatic heterocycles. The van der Waals surface area contributed by atoms with Crippen molar-refractivity contribution in [3.63, 3.8) is 0 Å². The van der Waals surface area contributed by atoms with Crippen LogP contribution in [0.5, 0.6) is 0 Å². The van der Waals surface area contributed by atoms with E-state index < -0.39 is 65.5 Å². The number of nitrogens with zero attached hydrogens (tertiary/aromatic N) is 2. The van der Waals surface area contributed by atoms with Gasteiger partial charge in [-0.15, -0.1) is 0 Å². The summed E-state index contributed by atoms with van der Waals surface area (Å²) in [4.78, 5) is 82.4. The first-order valence-corrected chi connectivity index (χ1v) is 19.8. The van der Waals surface area contributed by atoms with E-state index in [4.69, 9.17) is 5.73 Å². The van der Waals surface area contributed by atoms with E-state index in [1.54, 1.807) is 20.8 Å². The van der Waals surface area contributed by atoms with Crippen molar-refractivity contribution in [3.05, 3.63) is 94.5 Å². The van der Waals surface area contributed by atoms with Crippen LogP contribution in [0.25, 0.3) is 11.1 Å². The third-order valence-electron chi connectivity index (χ3n) is 9.64. The largest absolute Gasteiger partial charge is 0.368 e. The third kappa shape index (κ3) is 13.6. The van der Waals surface area contributed by atoms with E-state index in [1.807, 2.05) is 92.7 Å². The van der Waals surface area contributed by atoms with Crippen LogP contribution in [-0.4, -0.2) is 90.1 Å². The molecule has 0 unspecified atom stereocenters. The van der Waals surface area contributed by atoms with Gasteiger partial charge in [0, 0.05) is 30.9 Å². The highest BCUT2D eigenvalue weighted by atomic mass is 79.9. The van der Waals surface area contributed by atoms with Gasteiger partial charge in [0.1, 0.15) is 24.2 Å². The second kappa shape index (κ2) is 21.3. The quantitative estimate of drug-likeness (QED) is 0.139. The van der Waals surface area contributed by atoms with Crippen LogP contribution in [0.2, 0.25) is 0 Å². The summed E-state index contributed by atoms with van der Waals surface area (Å²) in [5.41, 5.74) is 9.00. The summed E-state index contributed by atoms with van der Waals surface area (Å²) in [6.07, 6.45) is 0.890. The van der Waals surface area contributed by atoms with E-state index in [2.05, 4.69) is 31.9 Å². The number of likely N-dealkylation sites (N-methyl/N-ethyl adjacent to an activating group) is 2. The fraction of sp³-hybridized carbons (Fsp3) is 0.442. The van der Waals surface area contributed by atoms with Crippen LogP contribution >= 0.6 is 15.9 Å². The van der Waals surface area contributed by atoms with E-state index in [1.165, 1.54) is 25.9 Å². The molecule has 0 fully saturated rings. The third-order valence-corrected chi connectivity index (χ3v) is 10.1. The van der Waals surface area contributed by atoms with Gasteiger partial charge in [0.15, 0.2) is 0 Å². The highest BCUT2D eigenvalue weighted by molar-refractivity contribution is 9.10. The monoisotopic (exact) mass is 832 g/mol. The van der Waals surface area contributed by atoms with Crippen molar-refractivity contribution < 1.29 is 28.8 Å². The zero-order valence-corrected chi connectivity index (χ0v) is 35.3. The number of hydrogen-bond donors (Lipinski definition) is 4. The molecule has 3 aromatic rings. The van der Waals surface area contributed by atoms with Crippen molar-refractivity contribution in [2.45, 2.75) is 85.0 Å². The van der Waals surface area contributed by atoms with Crippen LogP contribution in [-0.2, 0) is 41.6 Å². The molecule has 0 saturated carbocycles. The standard InChI is InChI=1S/C43H57BrN6O6/c1-26(2)21-35(46-39(52)28(5)22-31-13-12-16-34(44)23-31)40(53)47-36(24-30-17-19-33(20-18-30)32-14-10-9-11-15-32)41(54)48-38(27(3)4)43(56)50(8)29(6)42(55)49(7)25-37(45)51/h9-20,23,26-29,35-36,38H,21-22,24-25H2,1-8H3,(H2,45,51)(H,46,52)(H,47,53)(H,48,54)/t28-,29-,35-,36-,38-/m0/s1. The Labute approximate surface area is 339 Å². The predicted octanol–water partition coefficient (Wildman–Crippen LogP) is 4.48. The van der Waals surface area contributed by atoms with Gasteiger partial charge in [0.25, 0.3) is 0 Å². The number of carbonyl (C=O) groups is 6. The molecule has 0 saturated heterocycles. The lowest BCUT2D eigenvalue weighted by Gasteiger charge is -2.33. The number of amides is 6. The lowest BCUT2D eigenvalue weighted by molar-refractivity contribution is -0.146. The summed E-state index contributed by atoms with van der Waals surface area (Å²) in [6.45, 7) is 10.4. The zero-order chi connectivity index (χ0) is 41.7. The van der Waals surface area contributed by atoms with Crippen molar-refractivity contribution in [1.82, 2.24) is 25.8 Å². The number of nitrogens with two attached hydrogens (primary N) is 1. The van der Waals surface area contributed by atoms with Crippen molar-refractivity contribution in [2.75, 3.05) is 20.6 Å². The Bertz CT molecular complexity index is 1820. The lowest BCUT2D eigenvalue weighted by atomic mass is 9.97. The summed E-state index contributed by atoms with van der Waals surface area (Å²) in [7, 11) is 2.87. The number of hydrogen-bond acceptors (Lipinski definition) is 6. The molecule has 302 valence electrons. The lowest BCUT2D eigenvalue weighted by Crippen LogP contribution is -2.60. The molecule has 0 bridgehead atoms. The maximum absolute atomic E-state index is 14.2. The Hall–Kier alpha value is -5.04. The van der Waals surface area contributed by atoms with Crippen molar-refractivity contribution in [3.8, 4) is 11.1 Å². The minimum atomic E-state index is -1.13. The smallest absolute Gasteiger partial charge is 0.245 e. The molecule has 6 amide bonds. The number of rotatable bonds is 19. The molecular formula is C43H57BrN6O6. The van der Waals surface area contributed by atoms with Gasteiger partial charge in [-0.05, 0) is 66.0 Å². The summed E-state index contributed by atoms with van der Waals surface area (Å²) in [5, 5.41) is 8.69. The predicted molar refractivity (Wildman–Crippen MR) is 222 cm³/mol. The van der Waals surface area contributed by atoms with Crippen molar-refractivity contribution in [1.29, 1.82) is 0 Å². The molecule has 0 spiro atoms. The number of carbonyl (C=O) groups excluding carboxylic acids is 6. The molecule has 13 heteroatoms. The van der Waals surface area contributed by atoms with Gasteiger partial charge in [-0.3, -0.25) is 28.8 Å². The van der Waals surface area contributed by atoms with Crippen LogP contribution in [0, 0.1) is 17.8 Å². The van der Waals surface area contributed by atoms with Gasteiger partial charge in [-0.25, -0.2) is 0 Å². The Balaban J connectivity index is 1.88. The normalized spacial score (nSPS) is 13.8. The first-order valence-electron chi connectivity index (χ1n) is 19.0. The molecule has 3 aromatic carbocycles. The first kappa shape index (κ1) is 45.4. The van der Waals surface area contributed by atoms with Gasteiger partial charge < -0.3 is 31.5 Å². The Morgan fingerprint density at radius 3 is 1.82 bits per heavy atom. The maximum atomic E-state index is 14.2. The molecule has 0 radical (unpaired) electrons. The second-order valence-electron chi connectivity index (χ2n) is 15.3. The minimum absolute atomic E-state index is 0.0365. The van der Waals surface area contributed by atoms with Crippen LogP contribution < -0.4 is 21.7 Å². The highest BCUT2D eigenvalue weighted by Crippen LogP contribution is 2.21. The average Bonchev–Trinajstić information content (AvgIpc) is 3.15. The second-order valence-corrected chi connectivity index (χ2v) is 16.2. The minimum Gasteiger partial charge on any atom is -0.368 e. The molecule has 0 aliphatic heterocycles. The van der Waals surface area contributed by atoms with Gasteiger partial charge in [0.2, 0.25) is 35.4 Å². The number of primary amides is 1. The summed E-state index contributed by atoms with van der Waals surface area (Å²) in [6, 6.07) is 21.1. The average molecular weight is 834 g/mol. The van der Waals surface area contributed by atoms with Crippen molar-refractivity contribution >= 4 is 51.4 Å². The molecule has 5 N–H and O–H groups in total. The first-order chi connectivity index (χ1) is 26.4. The zero-order valence-electron chi connectivity index (χ0n) is 33.7. The molecule has 0 aliphatic carbocycles. The summed E-state index contributed by atoms with van der Waals surface area (Å²) >= 11 is 3.47. The van der Waals surface area contributed by atoms with E-state index in [0.29, 0.717) is 12.8 Å². The van der Waals surface area contributed by atoms with Gasteiger partial charge in [-0.1, -0.05) is 117 Å². The highest BCUT2D eigenvalue weighted by Gasteiger charge is 2.35. The Morgan fingerprint density at radius 2 is 1.25 bits per heavy atom. The van der Waals surface area contributed by atoms with E-state index in [0.717, 1.165) is 31.6 Å². The maximum Gasteiger partial charge on any atom is 0.245 e. The fourth-order valence-electron chi connectivity index (χ4n) is 6.28. The van der Waals surface area contributed by atoms with Crippen LogP contribution in [0.15, 0.2) is 83.3 Å². The van der Waals surface area contributed by atoms with Gasteiger partial charge >= 0.3 is 0 Å². The molecule has 12 nitrogen and oxygen atoms in total. The SMILES string of the molecule is CC(C)C[C@H](NC(=O)[C@@H](C)Cc1cccc(Br)c1)C(=O)N[C@@H](Cc1ccc(-c2ccccc2)cc1)C(=O)N[C@H](C(=O)N(C)[C@@H](C)C(=O)N(C)CC(N)=O)C(C)C. The van der Waals surface area contributed by atoms with Crippen LogP contribution in [0.4, 0.5) is 0 Å². The molecule has 0 heterocycles. The van der Waals surface area contributed by atoms with Crippen LogP contribution in [0.3, 0.4) is 0 Å². The van der Waals surface area contributed by atoms with Crippen LogP contribution in [0.1, 0.15) is 59.1 Å². The van der Waals surface area contributed by atoms with Crippen molar-refractivity contribution in [2.24, 2.45) is 23.5 Å². The van der Waals surface area contributed by atoms with E-state index in [-0.39, 0.29) is 24.8 Å².